The van der Waals surface area contributed by atoms with E-state index in [0.29, 0.717) is 17.1 Å². The Morgan fingerprint density at radius 1 is 1.34 bits per heavy atom. The van der Waals surface area contributed by atoms with Crippen molar-refractivity contribution < 1.29 is 17.6 Å². The first-order valence-electron chi connectivity index (χ1n) is 9.20. The van der Waals surface area contributed by atoms with Crippen LogP contribution < -0.4 is 0 Å². The molecule has 2 aromatic rings. The molecule has 1 fully saturated rings. The van der Waals surface area contributed by atoms with E-state index in [1.807, 2.05) is 6.92 Å². The van der Waals surface area contributed by atoms with Gasteiger partial charge in [-0.15, -0.1) is 0 Å². The second-order valence-corrected chi connectivity index (χ2v) is 10.5. The van der Waals surface area contributed by atoms with Crippen molar-refractivity contribution in [1.29, 1.82) is 0 Å². The molecule has 1 aliphatic rings. The molecule has 0 radical (unpaired) electrons. The number of thioether (sulfide) groups is 1. The first-order valence-corrected chi connectivity index (χ1v) is 12.4. The van der Waals surface area contributed by atoms with Crippen LogP contribution in [0.25, 0.3) is 0 Å². The van der Waals surface area contributed by atoms with Gasteiger partial charge in [-0.1, -0.05) is 42.4 Å². The molecule has 1 amide bonds. The Morgan fingerprint density at radius 3 is 2.69 bits per heavy atom. The Morgan fingerprint density at radius 2 is 2.07 bits per heavy atom. The monoisotopic (exact) mass is 457 g/mol. The van der Waals surface area contributed by atoms with E-state index in [9.17, 15) is 17.6 Å². The molecule has 1 atom stereocenters. The first kappa shape index (κ1) is 22.0. The van der Waals surface area contributed by atoms with E-state index >= 15 is 0 Å². The summed E-state index contributed by atoms with van der Waals surface area (Å²) in [5.74, 6) is -0.121. The molecule has 0 saturated carbocycles. The van der Waals surface area contributed by atoms with Crippen LogP contribution in [0.4, 0.5) is 4.39 Å². The maximum atomic E-state index is 13.3. The SMILES string of the molecule is CCCSc1ncc(Cl)c(C(=O)N(Cc2ccc(F)cc2)[C@@H]2CCS(=O)(=O)C2)n1. The van der Waals surface area contributed by atoms with E-state index < -0.39 is 21.8 Å². The quantitative estimate of drug-likeness (QED) is 0.466. The van der Waals surface area contributed by atoms with Crippen molar-refractivity contribution in [3.8, 4) is 0 Å². The Kier molecular flexibility index (Phi) is 7.13. The number of carbonyl (C=O) groups is 1. The summed E-state index contributed by atoms with van der Waals surface area (Å²) in [4.78, 5) is 23.3. The molecular formula is C19H21ClFN3O3S2. The minimum atomic E-state index is -3.21. The molecule has 0 spiro atoms. The van der Waals surface area contributed by atoms with Gasteiger partial charge in [-0.25, -0.2) is 22.8 Å². The minimum Gasteiger partial charge on any atom is -0.329 e. The normalized spacial score (nSPS) is 18.0. The summed E-state index contributed by atoms with van der Waals surface area (Å²) < 4.78 is 37.2. The summed E-state index contributed by atoms with van der Waals surface area (Å²) in [5.41, 5.74) is 0.737. The molecular weight excluding hydrogens is 437 g/mol. The topological polar surface area (TPSA) is 80.2 Å². The van der Waals surface area contributed by atoms with Crippen molar-refractivity contribution in [2.75, 3.05) is 17.3 Å². The fourth-order valence-corrected chi connectivity index (χ4v) is 5.65. The first-order chi connectivity index (χ1) is 13.8. The summed E-state index contributed by atoms with van der Waals surface area (Å²) in [5, 5.41) is 0.557. The third-order valence-electron chi connectivity index (χ3n) is 4.54. The highest BCUT2D eigenvalue weighted by atomic mass is 35.5. The number of hydrogen-bond acceptors (Lipinski definition) is 6. The average molecular weight is 458 g/mol. The molecule has 156 valence electrons. The fourth-order valence-electron chi connectivity index (χ4n) is 3.07. The van der Waals surface area contributed by atoms with E-state index in [1.54, 1.807) is 12.1 Å². The van der Waals surface area contributed by atoms with Crippen molar-refractivity contribution >= 4 is 39.1 Å². The molecule has 0 unspecified atom stereocenters. The molecule has 2 heterocycles. The van der Waals surface area contributed by atoms with E-state index in [4.69, 9.17) is 11.6 Å². The maximum Gasteiger partial charge on any atom is 0.274 e. The van der Waals surface area contributed by atoms with Crippen LogP contribution in [0.15, 0.2) is 35.6 Å². The molecule has 1 saturated heterocycles. The smallest absolute Gasteiger partial charge is 0.274 e. The molecule has 10 heteroatoms. The molecule has 0 bridgehead atoms. The second-order valence-electron chi connectivity index (χ2n) is 6.81. The standard InChI is InChI=1S/C19H21ClFN3O3S2/c1-2-8-28-19-22-10-16(20)17(23-19)18(25)24(15-7-9-29(26,27)12-15)11-13-3-5-14(21)6-4-13/h3-6,10,15H,2,7-9,11-12H2,1H3/t15-/m1/s1. The number of rotatable bonds is 7. The summed E-state index contributed by atoms with van der Waals surface area (Å²) in [6.07, 6.45) is 2.66. The van der Waals surface area contributed by atoms with Crippen molar-refractivity contribution in [3.63, 3.8) is 0 Å². The average Bonchev–Trinajstić information content (AvgIpc) is 3.06. The van der Waals surface area contributed by atoms with Gasteiger partial charge in [0.1, 0.15) is 5.82 Å². The number of benzene rings is 1. The van der Waals surface area contributed by atoms with Crippen LogP contribution in [-0.2, 0) is 16.4 Å². The van der Waals surface area contributed by atoms with Crippen molar-refractivity contribution in [1.82, 2.24) is 14.9 Å². The van der Waals surface area contributed by atoms with Gasteiger partial charge in [0, 0.05) is 18.3 Å². The zero-order chi connectivity index (χ0) is 21.0. The Labute approximate surface area is 178 Å². The van der Waals surface area contributed by atoms with E-state index in [1.165, 1.54) is 35.0 Å². The molecule has 3 rings (SSSR count). The molecule has 29 heavy (non-hydrogen) atoms. The van der Waals surface area contributed by atoms with Gasteiger partial charge in [-0.2, -0.15) is 0 Å². The van der Waals surface area contributed by atoms with E-state index in [0.717, 1.165) is 12.2 Å². The summed E-state index contributed by atoms with van der Waals surface area (Å²) in [7, 11) is -3.21. The lowest BCUT2D eigenvalue weighted by atomic mass is 10.1. The van der Waals surface area contributed by atoms with Gasteiger partial charge in [0.2, 0.25) is 0 Å². The summed E-state index contributed by atoms with van der Waals surface area (Å²) >= 11 is 7.63. The van der Waals surface area contributed by atoms with Gasteiger partial charge in [0.15, 0.2) is 20.7 Å². The summed E-state index contributed by atoms with van der Waals surface area (Å²) in [6.45, 7) is 2.16. The van der Waals surface area contributed by atoms with Crippen LogP contribution in [0.1, 0.15) is 35.8 Å². The van der Waals surface area contributed by atoms with Gasteiger partial charge in [0.25, 0.3) is 5.91 Å². The van der Waals surface area contributed by atoms with Gasteiger partial charge >= 0.3 is 0 Å². The van der Waals surface area contributed by atoms with Gasteiger partial charge in [0.05, 0.1) is 22.7 Å². The largest absolute Gasteiger partial charge is 0.329 e. The van der Waals surface area contributed by atoms with Crippen LogP contribution in [0.3, 0.4) is 0 Å². The molecule has 1 aromatic heterocycles. The predicted molar refractivity (Wildman–Crippen MR) is 111 cm³/mol. The van der Waals surface area contributed by atoms with Crippen LogP contribution in [0.2, 0.25) is 5.02 Å². The van der Waals surface area contributed by atoms with Crippen LogP contribution in [0, 0.1) is 5.82 Å². The maximum absolute atomic E-state index is 13.3. The van der Waals surface area contributed by atoms with Crippen molar-refractivity contribution in [2.45, 2.75) is 37.5 Å². The number of sulfone groups is 1. The fraction of sp³-hybridized carbons (Fsp3) is 0.421. The Hall–Kier alpha value is -1.71. The van der Waals surface area contributed by atoms with Crippen LogP contribution in [-0.4, -0.2) is 52.5 Å². The third kappa shape index (κ3) is 5.67. The third-order valence-corrected chi connectivity index (χ3v) is 7.63. The van der Waals surface area contributed by atoms with Crippen LogP contribution in [0.5, 0.6) is 0 Å². The zero-order valence-electron chi connectivity index (χ0n) is 15.8. The van der Waals surface area contributed by atoms with E-state index in [-0.39, 0.29) is 34.6 Å². The molecule has 1 aliphatic heterocycles. The van der Waals surface area contributed by atoms with Crippen molar-refractivity contribution in [2.24, 2.45) is 0 Å². The summed E-state index contributed by atoms with van der Waals surface area (Å²) in [6, 6.07) is 5.27. The highest BCUT2D eigenvalue weighted by Gasteiger charge is 2.36. The minimum absolute atomic E-state index is 0.0278. The molecule has 1 aromatic carbocycles. The number of halogens is 2. The number of carbonyl (C=O) groups excluding carboxylic acids is 1. The number of nitrogens with zero attached hydrogens (tertiary/aromatic N) is 3. The molecule has 0 aliphatic carbocycles. The number of hydrogen-bond donors (Lipinski definition) is 0. The highest BCUT2D eigenvalue weighted by molar-refractivity contribution is 7.99. The number of aromatic nitrogens is 2. The Balaban J connectivity index is 1.92. The zero-order valence-corrected chi connectivity index (χ0v) is 18.2. The van der Waals surface area contributed by atoms with Gasteiger partial charge in [-0.3, -0.25) is 4.79 Å². The number of amides is 1. The lowest BCUT2D eigenvalue weighted by molar-refractivity contribution is 0.0674. The van der Waals surface area contributed by atoms with Crippen LogP contribution >= 0.6 is 23.4 Å². The Bertz CT molecular complexity index is 987. The molecule has 0 N–H and O–H groups in total. The van der Waals surface area contributed by atoms with Gasteiger partial charge in [-0.05, 0) is 30.5 Å². The highest BCUT2D eigenvalue weighted by Crippen LogP contribution is 2.25. The predicted octanol–water partition coefficient (Wildman–Crippen LogP) is 3.60. The lowest BCUT2D eigenvalue weighted by Crippen LogP contribution is -2.41. The molecule has 6 nitrogen and oxygen atoms in total. The lowest BCUT2D eigenvalue weighted by Gasteiger charge is -2.28. The van der Waals surface area contributed by atoms with Crippen molar-refractivity contribution in [3.05, 3.63) is 52.6 Å². The van der Waals surface area contributed by atoms with E-state index in [2.05, 4.69) is 9.97 Å². The second kappa shape index (κ2) is 9.40. The van der Waals surface area contributed by atoms with Gasteiger partial charge < -0.3 is 4.90 Å².